The lowest BCUT2D eigenvalue weighted by molar-refractivity contribution is 0.0527. The number of rotatable bonds is 3. The van der Waals surface area contributed by atoms with Gasteiger partial charge in [-0.2, -0.15) is 0 Å². The smallest absolute Gasteiger partial charge is 0.341 e. The highest BCUT2D eigenvalue weighted by atomic mass is 32.1. The molecule has 1 aliphatic carbocycles. The summed E-state index contributed by atoms with van der Waals surface area (Å²) in [5.74, 6) is 0.456. The second-order valence-corrected chi connectivity index (χ2v) is 8.60. The van der Waals surface area contributed by atoms with Crippen molar-refractivity contribution in [1.29, 1.82) is 0 Å². The van der Waals surface area contributed by atoms with Gasteiger partial charge in [0.05, 0.1) is 12.2 Å². The number of hydrogen-bond donors (Lipinski definition) is 1. The van der Waals surface area contributed by atoms with Gasteiger partial charge in [-0.3, -0.25) is 0 Å². The number of aryl methyl sites for hydroxylation is 1. The molecule has 138 valence electrons. The second-order valence-electron chi connectivity index (χ2n) is 7.11. The summed E-state index contributed by atoms with van der Waals surface area (Å²) in [5, 5.41) is 5.02. The SMILES string of the molecule is CCOC(=O)c1c(NC(=S)N2CCCC(C)C2)sc2c1CCCCC2. The minimum atomic E-state index is -0.209. The molecule has 1 aromatic rings. The number of fused-ring (bicyclic) bond motifs is 1. The fourth-order valence-corrected chi connectivity index (χ4v) is 5.41. The third-order valence-corrected chi connectivity index (χ3v) is 6.63. The Balaban J connectivity index is 1.84. The average Bonchev–Trinajstić information content (AvgIpc) is 2.76. The summed E-state index contributed by atoms with van der Waals surface area (Å²) in [4.78, 5) is 16.2. The van der Waals surface area contributed by atoms with Crippen molar-refractivity contribution in [2.45, 2.75) is 58.8 Å². The Morgan fingerprint density at radius 3 is 2.88 bits per heavy atom. The van der Waals surface area contributed by atoms with Crippen molar-refractivity contribution < 1.29 is 9.53 Å². The minimum Gasteiger partial charge on any atom is -0.462 e. The number of carbonyl (C=O) groups is 1. The Morgan fingerprint density at radius 2 is 2.12 bits per heavy atom. The number of nitrogens with zero attached hydrogens (tertiary/aromatic N) is 1. The number of hydrogen-bond acceptors (Lipinski definition) is 4. The van der Waals surface area contributed by atoms with Crippen molar-refractivity contribution in [2.24, 2.45) is 5.92 Å². The van der Waals surface area contributed by atoms with Crippen LogP contribution in [0.4, 0.5) is 5.00 Å². The highest BCUT2D eigenvalue weighted by molar-refractivity contribution is 7.80. The Kier molecular flexibility index (Phi) is 6.34. The second kappa shape index (κ2) is 8.49. The summed E-state index contributed by atoms with van der Waals surface area (Å²) >= 11 is 7.35. The minimum absolute atomic E-state index is 0.209. The van der Waals surface area contributed by atoms with Gasteiger partial charge in [0.2, 0.25) is 0 Å². The number of thiocarbonyl (C=S) groups is 1. The molecule has 1 fully saturated rings. The fraction of sp³-hybridized carbons (Fsp3) is 0.684. The van der Waals surface area contributed by atoms with Crippen LogP contribution in [0.5, 0.6) is 0 Å². The fourth-order valence-electron chi connectivity index (χ4n) is 3.80. The van der Waals surface area contributed by atoms with Crippen LogP contribution in [0.1, 0.15) is 66.8 Å². The first-order valence-corrected chi connectivity index (χ1v) is 10.7. The standard InChI is InChI=1S/C19H28N2O2S2/c1-3-23-18(22)16-14-9-5-4-6-10-15(14)25-17(16)20-19(24)21-11-7-8-13(2)12-21/h13H,3-12H2,1-2H3,(H,20,24). The topological polar surface area (TPSA) is 41.6 Å². The molecule has 0 amide bonds. The number of anilines is 1. The van der Waals surface area contributed by atoms with Crippen molar-refractivity contribution in [2.75, 3.05) is 25.0 Å². The molecule has 1 unspecified atom stereocenters. The largest absolute Gasteiger partial charge is 0.462 e. The molecule has 0 saturated carbocycles. The zero-order valence-electron chi connectivity index (χ0n) is 15.2. The van der Waals surface area contributed by atoms with Crippen LogP contribution in [-0.4, -0.2) is 35.7 Å². The van der Waals surface area contributed by atoms with E-state index in [0.717, 1.165) is 48.0 Å². The van der Waals surface area contributed by atoms with E-state index in [1.54, 1.807) is 11.3 Å². The first kappa shape index (κ1) is 18.6. The summed E-state index contributed by atoms with van der Waals surface area (Å²) in [7, 11) is 0. The Hall–Kier alpha value is -1.14. The average molecular weight is 381 g/mol. The molecule has 0 radical (unpaired) electrons. The quantitative estimate of drug-likeness (QED) is 0.471. The van der Waals surface area contributed by atoms with Gasteiger partial charge < -0.3 is 15.0 Å². The summed E-state index contributed by atoms with van der Waals surface area (Å²) in [6.07, 6.45) is 8.04. The molecular weight excluding hydrogens is 352 g/mol. The van der Waals surface area contributed by atoms with Gasteiger partial charge in [-0.15, -0.1) is 11.3 Å². The number of carbonyl (C=O) groups excluding carboxylic acids is 1. The van der Waals surface area contributed by atoms with Gasteiger partial charge in [0.25, 0.3) is 0 Å². The summed E-state index contributed by atoms with van der Waals surface area (Å²) in [6, 6.07) is 0. The number of piperidine rings is 1. The van der Waals surface area contributed by atoms with Gasteiger partial charge in [0.15, 0.2) is 5.11 Å². The molecule has 2 heterocycles. The maximum atomic E-state index is 12.6. The summed E-state index contributed by atoms with van der Waals surface area (Å²) in [5.41, 5.74) is 1.93. The molecule has 0 bridgehead atoms. The maximum Gasteiger partial charge on any atom is 0.341 e. The van der Waals surface area contributed by atoms with Gasteiger partial charge in [-0.1, -0.05) is 13.3 Å². The van der Waals surface area contributed by atoms with Crippen molar-refractivity contribution in [1.82, 2.24) is 4.90 Å². The zero-order chi connectivity index (χ0) is 17.8. The molecule has 1 N–H and O–H groups in total. The highest BCUT2D eigenvalue weighted by Crippen LogP contribution is 2.38. The van der Waals surface area contributed by atoms with E-state index in [1.165, 1.54) is 36.1 Å². The lowest BCUT2D eigenvalue weighted by Crippen LogP contribution is -2.41. The van der Waals surface area contributed by atoms with E-state index in [1.807, 2.05) is 6.92 Å². The Morgan fingerprint density at radius 1 is 1.32 bits per heavy atom. The van der Waals surface area contributed by atoms with Gasteiger partial charge in [0.1, 0.15) is 5.00 Å². The van der Waals surface area contributed by atoms with Crippen LogP contribution in [0, 0.1) is 5.92 Å². The van der Waals surface area contributed by atoms with Gasteiger partial charge >= 0.3 is 5.97 Å². The van der Waals surface area contributed by atoms with Crippen LogP contribution < -0.4 is 5.32 Å². The highest BCUT2D eigenvalue weighted by Gasteiger charge is 2.27. The number of thiophene rings is 1. The number of likely N-dealkylation sites (tertiary alicyclic amines) is 1. The van der Waals surface area contributed by atoms with E-state index in [0.29, 0.717) is 12.5 Å². The third kappa shape index (κ3) is 4.34. The monoisotopic (exact) mass is 380 g/mol. The molecule has 1 aromatic heterocycles. The van der Waals surface area contributed by atoms with Gasteiger partial charge in [-0.05, 0) is 69.1 Å². The zero-order valence-corrected chi connectivity index (χ0v) is 16.9. The van der Waals surface area contributed by atoms with Crippen LogP contribution in [0.3, 0.4) is 0 Å². The molecule has 0 spiro atoms. The van der Waals surface area contributed by atoms with Crippen molar-refractivity contribution >= 4 is 39.6 Å². The van der Waals surface area contributed by atoms with E-state index in [4.69, 9.17) is 17.0 Å². The van der Waals surface area contributed by atoms with E-state index in [2.05, 4.69) is 17.1 Å². The van der Waals surface area contributed by atoms with Crippen molar-refractivity contribution in [3.05, 3.63) is 16.0 Å². The molecule has 1 atom stereocenters. The number of nitrogens with one attached hydrogen (secondary N) is 1. The van der Waals surface area contributed by atoms with E-state index >= 15 is 0 Å². The van der Waals surface area contributed by atoms with E-state index in [9.17, 15) is 4.79 Å². The number of ether oxygens (including phenoxy) is 1. The predicted molar refractivity (Wildman–Crippen MR) is 108 cm³/mol. The molecule has 1 saturated heterocycles. The molecule has 4 nitrogen and oxygen atoms in total. The van der Waals surface area contributed by atoms with E-state index < -0.39 is 0 Å². The lowest BCUT2D eigenvalue weighted by atomic mass is 10.0. The molecule has 2 aliphatic rings. The summed E-state index contributed by atoms with van der Waals surface area (Å²) < 4.78 is 5.35. The molecular formula is C19H28N2O2S2. The first-order chi connectivity index (χ1) is 12.1. The summed E-state index contributed by atoms with van der Waals surface area (Å²) in [6.45, 7) is 6.51. The van der Waals surface area contributed by atoms with Crippen LogP contribution in [-0.2, 0) is 17.6 Å². The normalized spacial score (nSPS) is 20.6. The van der Waals surface area contributed by atoms with Crippen molar-refractivity contribution in [3.63, 3.8) is 0 Å². The maximum absolute atomic E-state index is 12.6. The van der Waals surface area contributed by atoms with Gasteiger partial charge in [0, 0.05) is 18.0 Å². The van der Waals surface area contributed by atoms with Crippen molar-refractivity contribution in [3.8, 4) is 0 Å². The molecule has 6 heteroatoms. The molecule has 1 aliphatic heterocycles. The molecule has 0 aromatic carbocycles. The van der Waals surface area contributed by atoms with Crippen LogP contribution in [0.15, 0.2) is 0 Å². The molecule has 25 heavy (non-hydrogen) atoms. The molecule has 3 rings (SSSR count). The first-order valence-electron chi connectivity index (χ1n) is 9.47. The van der Waals surface area contributed by atoms with Gasteiger partial charge in [-0.25, -0.2) is 4.79 Å². The Labute approximate surface area is 159 Å². The van der Waals surface area contributed by atoms with Crippen LogP contribution in [0.2, 0.25) is 0 Å². The Bertz CT molecular complexity index is 642. The lowest BCUT2D eigenvalue weighted by Gasteiger charge is -2.33. The predicted octanol–water partition coefficient (Wildman–Crippen LogP) is 4.62. The van der Waals surface area contributed by atoms with Crippen LogP contribution >= 0.6 is 23.6 Å². The van der Waals surface area contributed by atoms with Crippen LogP contribution in [0.25, 0.3) is 0 Å². The van der Waals surface area contributed by atoms with E-state index in [-0.39, 0.29) is 5.97 Å². The third-order valence-electron chi connectivity index (χ3n) is 5.07. The number of esters is 1.